The van der Waals surface area contributed by atoms with Crippen LogP contribution >= 0.6 is 0 Å². The minimum atomic E-state index is -4.05. The second-order valence-corrected chi connectivity index (χ2v) is 9.11. The molecule has 140 valence electrons. The quantitative estimate of drug-likeness (QED) is 0.723. The van der Waals surface area contributed by atoms with Gasteiger partial charge in [-0.3, -0.25) is 14.6 Å². The summed E-state index contributed by atoms with van der Waals surface area (Å²) in [5.41, 5.74) is 1.86. The average molecular weight is 393 g/mol. The molecule has 1 fully saturated rings. The molecule has 1 saturated carbocycles. The fraction of sp³-hybridized carbons (Fsp3) is 0.250. The summed E-state index contributed by atoms with van der Waals surface area (Å²) in [4.78, 5) is 31.5. The van der Waals surface area contributed by atoms with Gasteiger partial charge in [-0.1, -0.05) is 5.92 Å². The summed E-state index contributed by atoms with van der Waals surface area (Å²) >= 11 is 0. The molecule has 0 N–H and O–H groups in total. The number of aromatic nitrogens is 1. The molecule has 7 nitrogen and oxygen atoms in total. The number of terminal acetylenes is 1. The van der Waals surface area contributed by atoms with Crippen LogP contribution in [-0.2, 0) is 15.4 Å². The number of hydrogen-bond acceptors (Lipinski definition) is 5. The van der Waals surface area contributed by atoms with Crippen molar-refractivity contribution in [3.63, 3.8) is 0 Å². The first-order chi connectivity index (χ1) is 13.4. The first kappa shape index (κ1) is 17.0. The maximum absolute atomic E-state index is 13.2. The molecule has 1 aliphatic carbocycles. The summed E-state index contributed by atoms with van der Waals surface area (Å²) in [5.74, 6) is 1.21. The van der Waals surface area contributed by atoms with Crippen LogP contribution < -0.4 is 4.90 Å². The second-order valence-electron chi connectivity index (χ2n) is 7.27. The molecule has 0 saturated heterocycles. The molecule has 1 spiro atoms. The zero-order chi connectivity index (χ0) is 19.7. The highest BCUT2D eigenvalue weighted by Gasteiger charge is 2.54. The Morgan fingerprint density at radius 2 is 2.07 bits per heavy atom. The molecular formula is C20H15N3O4S. The van der Waals surface area contributed by atoms with Gasteiger partial charge in [-0.05, 0) is 43.2 Å². The third kappa shape index (κ3) is 2.11. The third-order valence-electron chi connectivity index (χ3n) is 5.63. The van der Waals surface area contributed by atoms with Gasteiger partial charge in [0.25, 0.3) is 21.8 Å². The number of carbonyl (C=O) groups is 2. The Morgan fingerprint density at radius 1 is 1.29 bits per heavy atom. The van der Waals surface area contributed by atoms with E-state index in [0.29, 0.717) is 10.8 Å². The van der Waals surface area contributed by atoms with Gasteiger partial charge in [-0.2, -0.15) is 0 Å². The van der Waals surface area contributed by atoms with Crippen LogP contribution in [0.1, 0.15) is 39.3 Å². The molecule has 1 aromatic carbocycles. The Hall–Kier alpha value is -3.18. The van der Waals surface area contributed by atoms with E-state index in [1.54, 1.807) is 17.2 Å². The molecule has 28 heavy (non-hydrogen) atoms. The van der Waals surface area contributed by atoms with E-state index in [0.717, 1.165) is 24.2 Å². The molecule has 3 heterocycles. The smallest absolute Gasteiger partial charge is 0.269 e. The molecule has 0 atom stereocenters. The Balaban J connectivity index is 1.55. The number of benzene rings is 1. The second kappa shape index (κ2) is 5.42. The first-order valence-corrected chi connectivity index (χ1v) is 10.2. The molecule has 8 heteroatoms. The van der Waals surface area contributed by atoms with Gasteiger partial charge in [-0.25, -0.2) is 12.7 Å². The van der Waals surface area contributed by atoms with Crippen molar-refractivity contribution in [1.82, 2.24) is 9.29 Å². The molecule has 2 amide bonds. The summed E-state index contributed by atoms with van der Waals surface area (Å²) in [5, 5.41) is 0. The molecule has 5 rings (SSSR count). The zero-order valence-electron chi connectivity index (χ0n) is 14.8. The van der Waals surface area contributed by atoms with Crippen molar-refractivity contribution in [2.75, 3.05) is 18.0 Å². The Bertz CT molecular complexity index is 1210. The van der Waals surface area contributed by atoms with Crippen LogP contribution in [0.5, 0.6) is 0 Å². The third-order valence-corrected chi connectivity index (χ3v) is 7.40. The summed E-state index contributed by atoms with van der Waals surface area (Å²) in [6.07, 6.45) is 8.87. The minimum Gasteiger partial charge on any atom is -0.306 e. The minimum absolute atomic E-state index is 0.0361. The molecule has 2 aromatic rings. The van der Waals surface area contributed by atoms with Gasteiger partial charge in [0.05, 0.1) is 23.5 Å². The van der Waals surface area contributed by atoms with Crippen LogP contribution in [0.4, 0.5) is 5.69 Å². The number of sulfonamides is 1. The summed E-state index contributed by atoms with van der Waals surface area (Å²) < 4.78 is 26.0. The standard InChI is InChI=1S/C20H15N3O4S/c1-2-10-23-19(25)14-6-5-13(11-16(14)28(23,26)27)18(24)22-12-20(7-8-20)17-15(22)4-3-9-21-17/h1,3-6,9,11H,7-8,10,12H2. The summed E-state index contributed by atoms with van der Waals surface area (Å²) in [6.45, 7) is 0.191. The summed E-state index contributed by atoms with van der Waals surface area (Å²) in [7, 11) is -4.05. The predicted octanol–water partition coefficient (Wildman–Crippen LogP) is 1.55. The topological polar surface area (TPSA) is 87.7 Å². The van der Waals surface area contributed by atoms with E-state index >= 15 is 0 Å². The lowest BCUT2D eigenvalue weighted by Gasteiger charge is -2.18. The number of hydrogen-bond donors (Lipinski definition) is 0. The highest BCUT2D eigenvalue weighted by Crippen LogP contribution is 2.55. The van der Waals surface area contributed by atoms with E-state index in [1.807, 2.05) is 6.07 Å². The average Bonchev–Trinajstić information content (AvgIpc) is 3.37. The van der Waals surface area contributed by atoms with Gasteiger partial charge in [0, 0.05) is 23.7 Å². The molecule has 2 aliphatic heterocycles. The molecule has 0 unspecified atom stereocenters. The Morgan fingerprint density at radius 3 is 2.79 bits per heavy atom. The van der Waals surface area contributed by atoms with Crippen molar-refractivity contribution in [2.45, 2.75) is 23.2 Å². The van der Waals surface area contributed by atoms with Gasteiger partial charge < -0.3 is 4.90 Å². The van der Waals surface area contributed by atoms with Crippen molar-refractivity contribution in [1.29, 1.82) is 0 Å². The fourth-order valence-corrected chi connectivity index (χ4v) is 5.52. The van der Waals surface area contributed by atoms with E-state index in [2.05, 4.69) is 10.9 Å². The number of carbonyl (C=O) groups excluding carboxylic acids is 2. The number of rotatable bonds is 2. The van der Waals surface area contributed by atoms with Crippen molar-refractivity contribution in [3.8, 4) is 12.3 Å². The van der Waals surface area contributed by atoms with Gasteiger partial charge in [0.2, 0.25) is 0 Å². The fourth-order valence-electron chi connectivity index (χ4n) is 4.02. The molecule has 3 aliphatic rings. The van der Waals surface area contributed by atoms with Crippen molar-refractivity contribution in [3.05, 3.63) is 53.3 Å². The predicted molar refractivity (Wildman–Crippen MR) is 100 cm³/mol. The van der Waals surface area contributed by atoms with E-state index in [-0.39, 0.29) is 33.9 Å². The number of amides is 2. The van der Waals surface area contributed by atoms with Crippen molar-refractivity contribution < 1.29 is 18.0 Å². The number of nitrogens with zero attached hydrogens (tertiary/aromatic N) is 3. The lowest BCUT2D eigenvalue weighted by Crippen LogP contribution is -2.31. The van der Waals surface area contributed by atoms with Crippen LogP contribution in [-0.4, -0.2) is 42.6 Å². The van der Waals surface area contributed by atoms with Gasteiger partial charge in [0.15, 0.2) is 0 Å². The van der Waals surface area contributed by atoms with E-state index in [9.17, 15) is 18.0 Å². The maximum atomic E-state index is 13.2. The lowest BCUT2D eigenvalue weighted by molar-refractivity contribution is 0.0881. The van der Waals surface area contributed by atoms with E-state index in [4.69, 9.17) is 6.42 Å². The SMILES string of the molecule is C#CCN1C(=O)c2ccc(C(=O)N3CC4(CC4)c4ncccc43)cc2S1(=O)=O. The zero-order valence-corrected chi connectivity index (χ0v) is 15.6. The number of anilines is 1. The van der Waals surface area contributed by atoms with Crippen LogP contribution in [0.3, 0.4) is 0 Å². The molecular weight excluding hydrogens is 378 g/mol. The van der Waals surface area contributed by atoms with Gasteiger partial charge >= 0.3 is 0 Å². The van der Waals surface area contributed by atoms with Crippen LogP contribution in [0, 0.1) is 12.3 Å². The van der Waals surface area contributed by atoms with Crippen molar-refractivity contribution >= 4 is 27.5 Å². The monoisotopic (exact) mass is 393 g/mol. The highest BCUT2D eigenvalue weighted by atomic mass is 32.2. The normalized spacial score (nSPS) is 20.0. The molecule has 0 radical (unpaired) electrons. The van der Waals surface area contributed by atoms with E-state index < -0.39 is 15.9 Å². The molecule has 0 bridgehead atoms. The molecule has 1 aromatic heterocycles. The number of fused-ring (bicyclic) bond motifs is 3. The van der Waals surface area contributed by atoms with Crippen LogP contribution in [0.25, 0.3) is 0 Å². The lowest BCUT2D eigenvalue weighted by atomic mass is 10.1. The number of pyridine rings is 1. The largest absolute Gasteiger partial charge is 0.306 e. The van der Waals surface area contributed by atoms with Crippen LogP contribution in [0.15, 0.2) is 41.4 Å². The highest BCUT2D eigenvalue weighted by molar-refractivity contribution is 7.90. The van der Waals surface area contributed by atoms with Crippen molar-refractivity contribution in [2.24, 2.45) is 0 Å². The van der Waals surface area contributed by atoms with E-state index in [1.165, 1.54) is 18.2 Å². The maximum Gasteiger partial charge on any atom is 0.269 e. The first-order valence-electron chi connectivity index (χ1n) is 8.81. The van der Waals surface area contributed by atoms with Gasteiger partial charge in [-0.15, -0.1) is 6.42 Å². The van der Waals surface area contributed by atoms with Crippen LogP contribution in [0.2, 0.25) is 0 Å². The Kier molecular flexibility index (Phi) is 3.28. The summed E-state index contributed by atoms with van der Waals surface area (Å²) in [6, 6.07) is 7.78. The Labute approximate surface area is 162 Å². The van der Waals surface area contributed by atoms with Gasteiger partial charge in [0.1, 0.15) is 4.90 Å².